The summed E-state index contributed by atoms with van der Waals surface area (Å²) in [5.74, 6) is -1.06. The first-order chi connectivity index (χ1) is 8.97. The summed E-state index contributed by atoms with van der Waals surface area (Å²) in [6.07, 6.45) is 0.971. The molecule has 0 unspecified atom stereocenters. The van der Waals surface area contributed by atoms with E-state index in [-0.39, 0.29) is 29.2 Å². The Labute approximate surface area is 108 Å². The molecule has 8 heteroatoms. The summed E-state index contributed by atoms with van der Waals surface area (Å²) in [6.45, 7) is 0.425. The normalized spacial score (nSPS) is 21.5. The van der Waals surface area contributed by atoms with Crippen molar-refractivity contribution in [1.82, 2.24) is 4.98 Å². The predicted octanol–water partition coefficient (Wildman–Crippen LogP) is 0.871. The zero-order chi connectivity index (χ0) is 14.0. The van der Waals surface area contributed by atoms with Gasteiger partial charge in [-0.1, -0.05) is 0 Å². The van der Waals surface area contributed by atoms with Gasteiger partial charge in [0.25, 0.3) is 0 Å². The van der Waals surface area contributed by atoms with Crippen molar-refractivity contribution in [3.63, 3.8) is 0 Å². The first-order valence-electron chi connectivity index (χ1n) is 5.78. The first-order valence-corrected chi connectivity index (χ1v) is 5.78. The molecule has 1 fully saturated rings. The van der Waals surface area contributed by atoms with Gasteiger partial charge in [0, 0.05) is 12.6 Å². The van der Waals surface area contributed by atoms with Crippen LogP contribution in [0.5, 0.6) is 0 Å². The van der Waals surface area contributed by atoms with Gasteiger partial charge in [-0.05, 0) is 24.8 Å². The summed E-state index contributed by atoms with van der Waals surface area (Å²) in [5.41, 5.74) is -0.508. The summed E-state index contributed by atoms with van der Waals surface area (Å²) >= 11 is 0. The lowest BCUT2D eigenvalue weighted by Crippen LogP contribution is -2.33. The molecule has 1 heterocycles. The Morgan fingerprint density at radius 3 is 2.74 bits per heavy atom. The van der Waals surface area contributed by atoms with Crippen molar-refractivity contribution >= 4 is 17.5 Å². The third kappa shape index (κ3) is 2.97. The minimum absolute atomic E-state index is 0.0497. The Morgan fingerprint density at radius 2 is 2.21 bits per heavy atom. The molecule has 0 radical (unpaired) electrons. The average Bonchev–Trinajstić information content (AvgIpc) is 2.32. The highest BCUT2D eigenvalue weighted by molar-refractivity contribution is 5.86. The summed E-state index contributed by atoms with van der Waals surface area (Å²) in [7, 11) is 0. The summed E-state index contributed by atoms with van der Waals surface area (Å²) in [6, 6.07) is 2.22. The zero-order valence-electron chi connectivity index (χ0n) is 9.94. The number of aromatic nitrogens is 1. The molecular formula is C11H13N3O5. The molecule has 19 heavy (non-hydrogen) atoms. The number of carbonyl (C=O) groups is 1. The highest BCUT2D eigenvalue weighted by Crippen LogP contribution is 2.29. The first kappa shape index (κ1) is 13.2. The van der Waals surface area contributed by atoms with E-state index in [2.05, 4.69) is 10.3 Å². The van der Waals surface area contributed by atoms with Gasteiger partial charge in [0.1, 0.15) is 0 Å². The predicted molar refractivity (Wildman–Crippen MR) is 65.1 cm³/mol. The van der Waals surface area contributed by atoms with Gasteiger partial charge in [0.15, 0.2) is 5.69 Å². The number of pyridine rings is 1. The Morgan fingerprint density at radius 1 is 1.53 bits per heavy atom. The van der Waals surface area contributed by atoms with Crippen molar-refractivity contribution in [2.75, 3.05) is 11.9 Å². The molecule has 8 nitrogen and oxygen atoms in total. The van der Waals surface area contributed by atoms with Crippen LogP contribution in [0.25, 0.3) is 0 Å². The molecule has 1 aliphatic carbocycles. The Hall–Kier alpha value is -2.22. The fourth-order valence-electron chi connectivity index (χ4n) is 1.96. The van der Waals surface area contributed by atoms with Gasteiger partial charge in [-0.25, -0.2) is 9.78 Å². The van der Waals surface area contributed by atoms with E-state index >= 15 is 0 Å². The Bertz CT molecular complexity index is 513. The van der Waals surface area contributed by atoms with Gasteiger partial charge in [0.2, 0.25) is 5.82 Å². The van der Waals surface area contributed by atoms with Gasteiger partial charge in [-0.15, -0.1) is 0 Å². The van der Waals surface area contributed by atoms with Crippen molar-refractivity contribution in [3.8, 4) is 0 Å². The van der Waals surface area contributed by atoms with Gasteiger partial charge >= 0.3 is 11.7 Å². The fourth-order valence-corrected chi connectivity index (χ4v) is 1.96. The molecule has 1 saturated carbocycles. The number of carboxylic acid groups (broad SMARTS) is 1. The van der Waals surface area contributed by atoms with E-state index < -0.39 is 10.9 Å². The van der Waals surface area contributed by atoms with Crippen LogP contribution >= 0.6 is 0 Å². The molecule has 1 aromatic rings. The summed E-state index contributed by atoms with van der Waals surface area (Å²) < 4.78 is 0. The van der Waals surface area contributed by atoms with Gasteiger partial charge < -0.3 is 15.5 Å². The molecular weight excluding hydrogens is 254 g/mol. The average molecular weight is 267 g/mol. The molecule has 0 bridgehead atoms. The summed E-state index contributed by atoms with van der Waals surface area (Å²) in [4.78, 5) is 24.7. The standard InChI is InChI=1S/C11H13N3O5/c15-7-3-6(4-7)5-12-10-9(14(18)19)2-1-8(13-10)11(16)17/h1-2,6-7,15H,3-5H2,(H,12,13)(H,16,17). The topological polar surface area (TPSA) is 126 Å². The van der Waals surface area contributed by atoms with Gasteiger partial charge in [-0.3, -0.25) is 10.1 Å². The molecule has 2 rings (SSSR count). The second kappa shape index (κ2) is 5.19. The molecule has 0 atom stereocenters. The van der Waals surface area contributed by atoms with E-state index in [9.17, 15) is 14.9 Å². The number of nitrogens with zero attached hydrogens (tertiary/aromatic N) is 2. The van der Waals surface area contributed by atoms with Crippen LogP contribution in [0, 0.1) is 16.0 Å². The van der Waals surface area contributed by atoms with E-state index in [0.29, 0.717) is 19.4 Å². The van der Waals surface area contributed by atoms with Gasteiger partial charge in [-0.2, -0.15) is 0 Å². The van der Waals surface area contributed by atoms with Crippen molar-refractivity contribution in [1.29, 1.82) is 0 Å². The number of carboxylic acids is 1. The number of anilines is 1. The van der Waals surface area contributed by atoms with Crippen LogP contribution in [-0.4, -0.2) is 38.7 Å². The third-order valence-corrected chi connectivity index (χ3v) is 3.06. The molecule has 0 amide bonds. The number of nitro groups is 1. The Kier molecular flexibility index (Phi) is 3.61. The van der Waals surface area contributed by atoms with Crippen molar-refractivity contribution in [2.45, 2.75) is 18.9 Å². The number of hydrogen-bond donors (Lipinski definition) is 3. The van der Waals surface area contributed by atoms with Crippen LogP contribution in [0.1, 0.15) is 23.3 Å². The summed E-state index contributed by atoms with van der Waals surface area (Å²) in [5, 5.41) is 31.6. The monoisotopic (exact) mass is 267 g/mol. The number of aliphatic hydroxyl groups excluding tert-OH is 1. The van der Waals surface area contributed by atoms with E-state index in [1.54, 1.807) is 0 Å². The fraction of sp³-hybridized carbons (Fsp3) is 0.455. The second-order valence-electron chi connectivity index (χ2n) is 4.50. The number of aliphatic hydroxyl groups is 1. The molecule has 0 saturated heterocycles. The van der Waals surface area contributed by atoms with Crippen LogP contribution in [-0.2, 0) is 0 Å². The van der Waals surface area contributed by atoms with Crippen LogP contribution in [0.2, 0.25) is 0 Å². The van der Waals surface area contributed by atoms with E-state index in [4.69, 9.17) is 10.2 Å². The van der Waals surface area contributed by atoms with Gasteiger partial charge in [0.05, 0.1) is 11.0 Å². The van der Waals surface area contributed by atoms with Crippen LogP contribution < -0.4 is 5.32 Å². The van der Waals surface area contributed by atoms with Crippen LogP contribution in [0.4, 0.5) is 11.5 Å². The minimum atomic E-state index is -1.24. The van der Waals surface area contributed by atoms with Crippen molar-refractivity contribution in [2.24, 2.45) is 5.92 Å². The van der Waals surface area contributed by atoms with E-state index in [1.807, 2.05) is 0 Å². The lowest BCUT2D eigenvalue weighted by atomic mass is 9.82. The SMILES string of the molecule is O=C(O)c1ccc([N+](=O)[O-])c(NCC2CC(O)C2)n1. The largest absolute Gasteiger partial charge is 0.477 e. The van der Waals surface area contributed by atoms with Crippen LogP contribution in [0.15, 0.2) is 12.1 Å². The van der Waals surface area contributed by atoms with Crippen molar-refractivity contribution in [3.05, 3.63) is 27.9 Å². The maximum absolute atomic E-state index is 10.8. The highest BCUT2D eigenvalue weighted by atomic mass is 16.6. The molecule has 0 aliphatic heterocycles. The number of rotatable bonds is 5. The van der Waals surface area contributed by atoms with E-state index in [1.165, 1.54) is 0 Å². The van der Waals surface area contributed by atoms with E-state index in [0.717, 1.165) is 12.1 Å². The molecule has 1 aromatic heterocycles. The smallest absolute Gasteiger partial charge is 0.354 e. The molecule has 0 spiro atoms. The number of hydrogen-bond acceptors (Lipinski definition) is 6. The highest BCUT2D eigenvalue weighted by Gasteiger charge is 2.28. The van der Waals surface area contributed by atoms with Crippen molar-refractivity contribution < 1.29 is 19.9 Å². The third-order valence-electron chi connectivity index (χ3n) is 3.06. The number of nitrogens with one attached hydrogen (secondary N) is 1. The molecule has 102 valence electrons. The molecule has 0 aromatic carbocycles. The molecule has 1 aliphatic rings. The lowest BCUT2D eigenvalue weighted by molar-refractivity contribution is -0.384. The maximum atomic E-state index is 10.8. The second-order valence-corrected chi connectivity index (χ2v) is 4.50. The minimum Gasteiger partial charge on any atom is -0.477 e. The molecule has 3 N–H and O–H groups in total. The quantitative estimate of drug-likeness (QED) is 0.533. The number of aromatic carboxylic acids is 1. The zero-order valence-corrected chi connectivity index (χ0v) is 9.94. The Balaban J connectivity index is 2.13. The maximum Gasteiger partial charge on any atom is 0.354 e. The lowest BCUT2D eigenvalue weighted by Gasteiger charge is -2.31. The van der Waals surface area contributed by atoms with Crippen LogP contribution in [0.3, 0.4) is 0 Å².